The van der Waals surface area contributed by atoms with Gasteiger partial charge >= 0.3 is 5.69 Å². The van der Waals surface area contributed by atoms with Gasteiger partial charge in [0.25, 0.3) is 0 Å². The summed E-state index contributed by atoms with van der Waals surface area (Å²) >= 11 is 1.17. The number of ether oxygens (including phenoxy) is 1. The van der Waals surface area contributed by atoms with Crippen molar-refractivity contribution in [3.63, 3.8) is 0 Å². The molecule has 3 N–H and O–H groups in total. The van der Waals surface area contributed by atoms with Crippen LogP contribution in [0.5, 0.6) is 0 Å². The lowest BCUT2D eigenvalue weighted by molar-refractivity contribution is 0.0941. The summed E-state index contributed by atoms with van der Waals surface area (Å²) in [7, 11) is 0. The molecule has 1 aliphatic heterocycles. The number of benzene rings is 1. The molecule has 2 aromatic heterocycles. The van der Waals surface area contributed by atoms with Crippen LogP contribution >= 0.6 is 11.8 Å². The topological polar surface area (TPSA) is 133 Å². The summed E-state index contributed by atoms with van der Waals surface area (Å²) in [4.78, 5) is 19.4. The number of nitrogens with one attached hydrogen (secondary N) is 2. The number of rotatable bonds is 6. The Morgan fingerprint density at radius 1 is 1.46 bits per heavy atom. The minimum Gasteiger partial charge on any atom is -0.510 e. The number of aromatic nitrogens is 5. The summed E-state index contributed by atoms with van der Waals surface area (Å²) in [6, 6.07) is 9.38. The van der Waals surface area contributed by atoms with Crippen LogP contribution in [-0.2, 0) is 11.3 Å². The number of nitrogens with zero attached hydrogens (tertiary/aromatic N) is 4. The molecule has 1 aliphatic rings. The van der Waals surface area contributed by atoms with Crippen molar-refractivity contribution < 1.29 is 9.84 Å². The highest BCUT2D eigenvalue weighted by Gasteiger charge is 2.20. The summed E-state index contributed by atoms with van der Waals surface area (Å²) < 4.78 is 7.08. The number of aliphatic hydroxyl groups excluding tert-OH is 1. The molecule has 10 heteroatoms. The molecule has 9 nitrogen and oxygen atoms in total. The fraction of sp³-hybridized carbons (Fsp3) is 0.333. The van der Waals surface area contributed by atoms with Crippen molar-refractivity contribution in [3.8, 4) is 6.07 Å². The van der Waals surface area contributed by atoms with E-state index in [1.54, 1.807) is 0 Å². The van der Waals surface area contributed by atoms with Crippen molar-refractivity contribution >= 4 is 28.4 Å². The van der Waals surface area contributed by atoms with E-state index in [1.165, 1.54) is 16.3 Å². The van der Waals surface area contributed by atoms with Crippen LogP contribution in [-0.4, -0.2) is 48.3 Å². The van der Waals surface area contributed by atoms with Crippen molar-refractivity contribution in [3.05, 3.63) is 46.3 Å². The minimum atomic E-state index is -0.320. The Bertz CT molecular complexity index is 1080. The van der Waals surface area contributed by atoms with Crippen LogP contribution < -0.4 is 5.69 Å². The van der Waals surface area contributed by atoms with Gasteiger partial charge in [-0.2, -0.15) is 5.26 Å². The third kappa shape index (κ3) is 3.67. The van der Waals surface area contributed by atoms with Crippen LogP contribution in [0.2, 0.25) is 0 Å². The van der Waals surface area contributed by atoms with E-state index < -0.39 is 0 Å². The van der Waals surface area contributed by atoms with Gasteiger partial charge in [0, 0.05) is 6.61 Å². The molecule has 1 aromatic carbocycles. The SMILES string of the molecule is N#C/C(=C(/O)CSc1n[nH]c(=O)n1C[C@H]1CCCO1)c1nc2ccccc2[nH]1. The van der Waals surface area contributed by atoms with Crippen molar-refractivity contribution in [2.24, 2.45) is 0 Å². The summed E-state index contributed by atoms with van der Waals surface area (Å²) in [5.41, 5.74) is 1.23. The van der Waals surface area contributed by atoms with Gasteiger partial charge in [0.2, 0.25) is 0 Å². The second kappa shape index (κ2) is 7.92. The Labute approximate surface area is 164 Å². The highest BCUT2D eigenvalue weighted by molar-refractivity contribution is 7.99. The molecule has 4 rings (SSSR count). The Kier molecular flexibility index (Phi) is 5.18. The maximum atomic E-state index is 12.0. The normalized spacial score (nSPS) is 17.6. The number of aliphatic hydroxyl groups is 1. The van der Waals surface area contributed by atoms with Crippen LogP contribution in [0.1, 0.15) is 18.7 Å². The first-order valence-electron chi connectivity index (χ1n) is 8.82. The molecule has 0 amide bonds. The smallest absolute Gasteiger partial charge is 0.344 e. The molecule has 0 saturated carbocycles. The lowest BCUT2D eigenvalue weighted by atomic mass is 10.2. The fourth-order valence-electron chi connectivity index (χ4n) is 3.10. The number of H-pyrrole nitrogens is 2. The zero-order valence-electron chi connectivity index (χ0n) is 14.9. The van der Waals surface area contributed by atoms with Crippen molar-refractivity contribution in [1.29, 1.82) is 5.26 Å². The number of hydrogen-bond donors (Lipinski definition) is 3. The average molecular weight is 398 g/mol. The van der Waals surface area contributed by atoms with Crippen molar-refractivity contribution in [2.45, 2.75) is 30.6 Å². The second-order valence-corrected chi connectivity index (χ2v) is 7.32. The predicted octanol–water partition coefficient (Wildman–Crippen LogP) is 2.21. The van der Waals surface area contributed by atoms with E-state index in [0.29, 0.717) is 29.6 Å². The zero-order chi connectivity index (χ0) is 19.5. The summed E-state index contributed by atoms with van der Waals surface area (Å²) in [6.07, 6.45) is 1.87. The van der Waals surface area contributed by atoms with Crippen LogP contribution in [0.25, 0.3) is 16.6 Å². The molecule has 1 saturated heterocycles. The van der Waals surface area contributed by atoms with E-state index in [0.717, 1.165) is 18.4 Å². The molecule has 144 valence electrons. The van der Waals surface area contributed by atoms with Gasteiger partial charge in [0.1, 0.15) is 17.4 Å². The van der Waals surface area contributed by atoms with Crippen LogP contribution in [0.15, 0.2) is 40.0 Å². The maximum absolute atomic E-state index is 12.0. The number of fused-ring (bicyclic) bond motifs is 1. The summed E-state index contributed by atoms with van der Waals surface area (Å²) in [6.45, 7) is 1.11. The third-order valence-corrected chi connectivity index (χ3v) is 5.49. The standard InChI is InChI=1S/C18H18N6O3S/c19-8-12(16-20-13-5-1-2-6-14(13)21-16)15(25)10-28-18-23-22-17(26)24(18)9-11-4-3-7-27-11/h1-2,5-6,11,25H,3-4,7,9-10H2,(H,20,21)(H,22,26)/b15-12-/t11-/m1/s1. The molecule has 0 radical (unpaired) electrons. The van der Waals surface area contributed by atoms with E-state index in [9.17, 15) is 15.2 Å². The van der Waals surface area contributed by atoms with Crippen molar-refractivity contribution in [2.75, 3.05) is 12.4 Å². The van der Waals surface area contributed by atoms with E-state index in [1.807, 2.05) is 30.3 Å². The van der Waals surface area contributed by atoms with Gasteiger partial charge in [-0.05, 0) is 25.0 Å². The van der Waals surface area contributed by atoms with E-state index >= 15 is 0 Å². The molecule has 3 heterocycles. The molecule has 0 spiro atoms. The number of aromatic amines is 2. The number of imidazole rings is 1. The van der Waals surface area contributed by atoms with Gasteiger partial charge in [0.05, 0.1) is 29.4 Å². The molecular weight excluding hydrogens is 380 g/mol. The van der Waals surface area contributed by atoms with Gasteiger partial charge in [-0.3, -0.25) is 4.57 Å². The van der Waals surface area contributed by atoms with Gasteiger partial charge in [-0.15, -0.1) is 5.10 Å². The third-order valence-electron chi connectivity index (χ3n) is 4.50. The Hall–Kier alpha value is -3.03. The van der Waals surface area contributed by atoms with Crippen molar-refractivity contribution in [1.82, 2.24) is 24.7 Å². The van der Waals surface area contributed by atoms with E-state index in [2.05, 4.69) is 20.2 Å². The first-order valence-corrected chi connectivity index (χ1v) is 9.81. The summed E-state index contributed by atoms with van der Waals surface area (Å²) in [5, 5.41) is 26.8. The lowest BCUT2D eigenvalue weighted by Gasteiger charge is -2.11. The number of nitriles is 1. The number of para-hydroxylation sites is 2. The second-order valence-electron chi connectivity index (χ2n) is 6.38. The molecule has 0 bridgehead atoms. The zero-order valence-corrected chi connectivity index (χ0v) is 15.7. The predicted molar refractivity (Wildman–Crippen MR) is 104 cm³/mol. The van der Waals surface area contributed by atoms with Gasteiger partial charge in [-0.1, -0.05) is 23.9 Å². The van der Waals surface area contributed by atoms with Gasteiger partial charge in [0.15, 0.2) is 11.0 Å². The maximum Gasteiger partial charge on any atom is 0.344 e. The van der Waals surface area contributed by atoms with Gasteiger partial charge < -0.3 is 14.8 Å². The molecule has 1 atom stereocenters. The van der Waals surface area contributed by atoms with E-state index in [4.69, 9.17) is 4.74 Å². The van der Waals surface area contributed by atoms with Crippen LogP contribution in [0.4, 0.5) is 0 Å². The Morgan fingerprint density at radius 3 is 3.07 bits per heavy atom. The monoisotopic (exact) mass is 398 g/mol. The lowest BCUT2D eigenvalue weighted by Crippen LogP contribution is -2.25. The molecule has 28 heavy (non-hydrogen) atoms. The average Bonchev–Trinajstić information content (AvgIpc) is 3.42. The first-order chi connectivity index (χ1) is 13.7. The molecule has 3 aromatic rings. The largest absolute Gasteiger partial charge is 0.510 e. The molecular formula is C18H18N6O3S. The Morgan fingerprint density at radius 2 is 2.32 bits per heavy atom. The number of allylic oxidation sites excluding steroid dienone is 1. The minimum absolute atomic E-state index is 0.0102. The summed E-state index contributed by atoms with van der Waals surface area (Å²) in [5.74, 6) is 0.252. The number of thioether (sulfide) groups is 1. The Balaban J connectivity index is 1.53. The first kappa shape index (κ1) is 18.3. The van der Waals surface area contributed by atoms with Crippen LogP contribution in [0.3, 0.4) is 0 Å². The quantitative estimate of drug-likeness (QED) is 0.329. The van der Waals surface area contributed by atoms with Crippen LogP contribution in [0, 0.1) is 11.3 Å². The number of hydrogen-bond acceptors (Lipinski definition) is 7. The highest BCUT2D eigenvalue weighted by Crippen LogP contribution is 2.24. The van der Waals surface area contributed by atoms with Gasteiger partial charge in [-0.25, -0.2) is 14.9 Å². The highest BCUT2D eigenvalue weighted by atomic mass is 32.2. The molecule has 0 unspecified atom stereocenters. The molecule has 0 aliphatic carbocycles. The van der Waals surface area contributed by atoms with E-state index in [-0.39, 0.29) is 28.9 Å². The fourth-order valence-corrected chi connectivity index (χ4v) is 3.93. The molecule has 1 fully saturated rings.